The second kappa shape index (κ2) is 3.44. The first-order chi connectivity index (χ1) is 8.11. The molecule has 1 heterocycles. The van der Waals surface area contributed by atoms with Gasteiger partial charge in [0, 0.05) is 11.0 Å². The smallest absolute Gasteiger partial charge is 0.146 e. The van der Waals surface area contributed by atoms with E-state index in [2.05, 4.69) is 6.07 Å². The lowest BCUT2D eigenvalue weighted by Gasteiger charge is -2.57. The molecule has 88 valence electrons. The maximum Gasteiger partial charge on any atom is 0.146 e. The Bertz CT molecular complexity index is 511. The monoisotopic (exact) mass is 251 g/mol. The van der Waals surface area contributed by atoms with E-state index in [0.29, 0.717) is 31.6 Å². The van der Waals surface area contributed by atoms with Crippen molar-refractivity contribution >= 4 is 11.6 Å². The van der Waals surface area contributed by atoms with Crippen LogP contribution in [0.3, 0.4) is 0 Å². The fourth-order valence-electron chi connectivity index (χ4n) is 3.03. The fourth-order valence-corrected chi connectivity index (χ4v) is 3.20. The highest BCUT2D eigenvalue weighted by molar-refractivity contribution is 6.30. The lowest BCUT2D eigenvalue weighted by molar-refractivity contribution is -0.178. The summed E-state index contributed by atoms with van der Waals surface area (Å²) in [6, 6.07) is 7.13. The van der Waals surface area contributed by atoms with Crippen LogP contribution in [-0.2, 0) is 10.2 Å². The zero-order valence-corrected chi connectivity index (χ0v) is 9.93. The number of nitrogens with zero attached hydrogens (tertiary/aromatic N) is 1. The molecule has 0 unspecified atom stereocenters. The van der Waals surface area contributed by atoms with Crippen LogP contribution in [0, 0.1) is 22.6 Å². The Hall–Kier alpha value is -1.11. The molecule has 17 heavy (non-hydrogen) atoms. The molecule has 2 nitrogen and oxygen atoms in total. The van der Waals surface area contributed by atoms with E-state index in [0.717, 1.165) is 0 Å². The maximum absolute atomic E-state index is 14.0. The first-order valence-electron chi connectivity index (χ1n) is 5.54. The Morgan fingerprint density at radius 2 is 2.06 bits per heavy atom. The maximum atomic E-state index is 14.0. The van der Waals surface area contributed by atoms with Gasteiger partial charge in [-0.2, -0.15) is 5.26 Å². The van der Waals surface area contributed by atoms with Gasteiger partial charge in [-0.1, -0.05) is 23.7 Å². The average molecular weight is 252 g/mol. The number of nitriles is 1. The summed E-state index contributed by atoms with van der Waals surface area (Å²) in [5.74, 6) is -0.453. The molecular weight excluding hydrogens is 241 g/mol. The molecule has 1 saturated carbocycles. The van der Waals surface area contributed by atoms with Crippen LogP contribution in [0.15, 0.2) is 18.2 Å². The molecule has 3 rings (SSSR count). The van der Waals surface area contributed by atoms with Crippen LogP contribution in [0.5, 0.6) is 0 Å². The Morgan fingerprint density at radius 1 is 1.35 bits per heavy atom. The third-order valence-corrected chi connectivity index (χ3v) is 4.14. The second-order valence-electron chi connectivity index (χ2n) is 5.14. The van der Waals surface area contributed by atoms with Crippen LogP contribution < -0.4 is 0 Å². The largest absolute Gasteiger partial charge is 0.380 e. The Kier molecular flexibility index (Phi) is 2.23. The molecule has 2 aliphatic rings. The minimum Gasteiger partial charge on any atom is -0.380 e. The number of hydrogen-bond acceptors (Lipinski definition) is 2. The Morgan fingerprint density at radius 3 is 2.59 bits per heavy atom. The van der Waals surface area contributed by atoms with Crippen LogP contribution >= 0.6 is 11.6 Å². The summed E-state index contributed by atoms with van der Waals surface area (Å²) in [6.07, 6.45) is 1.35. The van der Waals surface area contributed by atoms with Crippen molar-refractivity contribution in [3.8, 4) is 6.07 Å². The SMILES string of the molecule is N#CC1(c2cccc(Cl)c2F)CC2(COC2)C1. The van der Waals surface area contributed by atoms with Gasteiger partial charge in [-0.15, -0.1) is 0 Å². The highest BCUT2D eigenvalue weighted by atomic mass is 35.5. The molecule has 0 atom stereocenters. The van der Waals surface area contributed by atoms with Gasteiger partial charge in [0.25, 0.3) is 0 Å². The number of hydrogen-bond donors (Lipinski definition) is 0. The predicted octanol–water partition coefficient (Wildman–Crippen LogP) is 3.05. The van der Waals surface area contributed by atoms with Crippen molar-refractivity contribution in [1.82, 2.24) is 0 Å². The highest BCUT2D eigenvalue weighted by Gasteiger charge is 2.60. The molecule has 0 radical (unpaired) electrons. The van der Waals surface area contributed by atoms with Crippen LogP contribution in [0.2, 0.25) is 5.02 Å². The first-order valence-corrected chi connectivity index (χ1v) is 5.92. The van der Waals surface area contributed by atoms with E-state index in [9.17, 15) is 9.65 Å². The minimum absolute atomic E-state index is 0.0861. The van der Waals surface area contributed by atoms with Crippen molar-refractivity contribution in [2.24, 2.45) is 5.41 Å². The third-order valence-electron chi connectivity index (χ3n) is 3.85. The molecule has 1 aliphatic heterocycles. The highest BCUT2D eigenvalue weighted by Crippen LogP contribution is 2.59. The Balaban J connectivity index is 1.97. The quantitative estimate of drug-likeness (QED) is 0.769. The van der Waals surface area contributed by atoms with Gasteiger partial charge in [-0.05, 0) is 18.9 Å². The number of rotatable bonds is 1. The predicted molar refractivity (Wildman–Crippen MR) is 61.2 cm³/mol. The minimum atomic E-state index is -0.710. The molecule has 1 aromatic carbocycles. The molecule has 0 N–H and O–H groups in total. The van der Waals surface area contributed by atoms with Crippen molar-refractivity contribution in [2.75, 3.05) is 13.2 Å². The third kappa shape index (κ3) is 1.41. The lowest BCUT2D eigenvalue weighted by Crippen LogP contribution is -2.59. The van der Waals surface area contributed by atoms with E-state index in [4.69, 9.17) is 16.3 Å². The first kappa shape index (κ1) is 11.0. The second-order valence-corrected chi connectivity index (χ2v) is 5.55. The molecule has 4 heteroatoms. The summed E-state index contributed by atoms with van der Waals surface area (Å²) >= 11 is 5.77. The topological polar surface area (TPSA) is 33.0 Å². The summed E-state index contributed by atoms with van der Waals surface area (Å²) in [6.45, 7) is 1.39. The van der Waals surface area contributed by atoms with Crippen molar-refractivity contribution in [3.63, 3.8) is 0 Å². The van der Waals surface area contributed by atoms with Crippen LogP contribution in [-0.4, -0.2) is 13.2 Å². The summed E-state index contributed by atoms with van der Waals surface area (Å²) in [5, 5.41) is 9.44. The standard InChI is InChI=1S/C13H11ClFNO/c14-10-3-1-2-9(11(10)15)13(6-16)4-12(5-13)7-17-8-12/h1-3H,4-5,7-8H2. The normalized spacial score (nSPS) is 23.6. The number of benzene rings is 1. The van der Waals surface area contributed by atoms with Crippen molar-refractivity contribution in [2.45, 2.75) is 18.3 Å². The van der Waals surface area contributed by atoms with Gasteiger partial charge >= 0.3 is 0 Å². The fraction of sp³-hybridized carbons (Fsp3) is 0.462. The van der Waals surface area contributed by atoms with Crippen molar-refractivity contribution in [3.05, 3.63) is 34.6 Å². The lowest BCUT2D eigenvalue weighted by atomic mass is 9.50. The van der Waals surface area contributed by atoms with Crippen LogP contribution in [0.1, 0.15) is 18.4 Å². The van der Waals surface area contributed by atoms with Gasteiger partial charge < -0.3 is 4.74 Å². The van der Waals surface area contributed by atoms with Gasteiger partial charge in [0.05, 0.1) is 29.7 Å². The summed E-state index contributed by atoms with van der Waals surface area (Å²) in [5.41, 5.74) is -0.159. The van der Waals surface area contributed by atoms with Gasteiger partial charge in [-0.25, -0.2) is 4.39 Å². The van der Waals surface area contributed by atoms with Gasteiger partial charge in [-0.3, -0.25) is 0 Å². The molecule has 0 bridgehead atoms. The molecule has 0 aromatic heterocycles. The van der Waals surface area contributed by atoms with Crippen molar-refractivity contribution in [1.29, 1.82) is 5.26 Å². The Labute approximate surface area is 104 Å². The van der Waals surface area contributed by atoms with E-state index in [-0.39, 0.29) is 10.4 Å². The number of halogens is 2. The summed E-state index contributed by atoms with van der Waals surface area (Å²) in [4.78, 5) is 0. The van der Waals surface area contributed by atoms with Crippen LogP contribution in [0.4, 0.5) is 4.39 Å². The van der Waals surface area contributed by atoms with E-state index < -0.39 is 11.2 Å². The zero-order valence-electron chi connectivity index (χ0n) is 9.17. The van der Waals surface area contributed by atoms with Gasteiger partial charge in [0.2, 0.25) is 0 Å². The van der Waals surface area contributed by atoms with Gasteiger partial charge in [0.15, 0.2) is 0 Å². The van der Waals surface area contributed by atoms with E-state index in [1.54, 1.807) is 12.1 Å². The molecule has 1 spiro atoms. The zero-order chi connectivity index (χ0) is 12.1. The molecule has 1 saturated heterocycles. The van der Waals surface area contributed by atoms with Gasteiger partial charge in [0.1, 0.15) is 5.82 Å². The van der Waals surface area contributed by atoms with E-state index in [1.165, 1.54) is 6.07 Å². The average Bonchev–Trinajstić information content (AvgIpc) is 2.21. The van der Waals surface area contributed by atoms with E-state index in [1.807, 2.05) is 0 Å². The molecule has 1 aliphatic carbocycles. The van der Waals surface area contributed by atoms with E-state index >= 15 is 0 Å². The summed E-state index contributed by atoms with van der Waals surface area (Å²) in [7, 11) is 0. The molecule has 2 fully saturated rings. The summed E-state index contributed by atoms with van der Waals surface area (Å²) < 4.78 is 19.1. The molecule has 0 amide bonds. The molecule has 1 aromatic rings. The van der Waals surface area contributed by atoms with Crippen LogP contribution in [0.25, 0.3) is 0 Å². The number of ether oxygens (including phenoxy) is 1. The van der Waals surface area contributed by atoms with Crippen molar-refractivity contribution < 1.29 is 9.13 Å². The molecular formula is C13H11ClFNO.